The maximum atomic E-state index is 5.03. The van der Waals surface area contributed by atoms with Gasteiger partial charge in [0.25, 0.3) is 0 Å². The lowest BCUT2D eigenvalue weighted by Crippen LogP contribution is -2.32. The Morgan fingerprint density at radius 1 is 1.70 bits per heavy atom. The van der Waals surface area contributed by atoms with Crippen molar-refractivity contribution in [1.82, 2.24) is 4.90 Å². The molecule has 10 heavy (non-hydrogen) atoms. The van der Waals surface area contributed by atoms with E-state index in [2.05, 4.69) is 11.9 Å². The monoisotopic (exact) mass is 159 g/mol. The first-order chi connectivity index (χ1) is 4.75. The SMILES string of the molecule is COC(=S)[C@@H]1CCCN1C. The predicted octanol–water partition coefficient (Wildman–Crippen LogP) is 1.05. The highest BCUT2D eigenvalue weighted by atomic mass is 32.1. The molecule has 1 heterocycles. The molecule has 0 saturated carbocycles. The molecule has 0 aromatic rings. The number of likely N-dealkylation sites (tertiary alicyclic amines) is 1. The van der Waals surface area contributed by atoms with Gasteiger partial charge in [0.15, 0.2) is 5.05 Å². The Hall–Kier alpha value is -0.150. The van der Waals surface area contributed by atoms with Crippen LogP contribution >= 0.6 is 12.2 Å². The summed E-state index contributed by atoms with van der Waals surface area (Å²) in [5, 5.41) is 0.736. The standard InChI is InChI=1S/C7H13NOS/c1-8-5-3-4-6(8)7(10)9-2/h6H,3-5H2,1-2H3/t6-/m0/s1. The van der Waals surface area contributed by atoms with Gasteiger partial charge in [0.2, 0.25) is 0 Å². The van der Waals surface area contributed by atoms with Crippen LogP contribution in [0.2, 0.25) is 0 Å². The van der Waals surface area contributed by atoms with Crippen molar-refractivity contribution >= 4 is 17.3 Å². The minimum Gasteiger partial charge on any atom is -0.489 e. The summed E-state index contributed by atoms with van der Waals surface area (Å²) in [7, 11) is 3.73. The second-order valence-corrected chi connectivity index (χ2v) is 3.06. The van der Waals surface area contributed by atoms with Crippen molar-refractivity contribution in [2.45, 2.75) is 18.9 Å². The topological polar surface area (TPSA) is 12.5 Å². The van der Waals surface area contributed by atoms with Crippen LogP contribution in [0.1, 0.15) is 12.8 Å². The normalized spacial score (nSPS) is 26.8. The smallest absolute Gasteiger partial charge is 0.176 e. The maximum absolute atomic E-state index is 5.03. The van der Waals surface area contributed by atoms with Gasteiger partial charge in [0.05, 0.1) is 13.2 Å². The first-order valence-corrected chi connectivity index (χ1v) is 3.94. The van der Waals surface area contributed by atoms with Crippen molar-refractivity contribution in [1.29, 1.82) is 0 Å². The zero-order valence-corrected chi connectivity index (χ0v) is 7.28. The molecule has 0 amide bonds. The van der Waals surface area contributed by atoms with Crippen molar-refractivity contribution in [3.05, 3.63) is 0 Å². The van der Waals surface area contributed by atoms with Crippen LogP contribution in [0.25, 0.3) is 0 Å². The fourth-order valence-corrected chi connectivity index (χ4v) is 1.64. The lowest BCUT2D eigenvalue weighted by molar-refractivity contribution is 0.313. The molecule has 1 rings (SSSR count). The van der Waals surface area contributed by atoms with E-state index in [0.717, 1.165) is 18.0 Å². The summed E-state index contributed by atoms with van der Waals surface area (Å²) in [6.45, 7) is 1.15. The summed E-state index contributed by atoms with van der Waals surface area (Å²) >= 11 is 5.03. The van der Waals surface area contributed by atoms with Gasteiger partial charge >= 0.3 is 0 Å². The van der Waals surface area contributed by atoms with Crippen molar-refractivity contribution in [2.75, 3.05) is 20.7 Å². The molecule has 0 radical (unpaired) electrons. The van der Waals surface area contributed by atoms with Gasteiger partial charge in [-0.2, -0.15) is 0 Å². The number of thiocarbonyl (C=S) groups is 1. The molecule has 0 unspecified atom stereocenters. The molecule has 0 bridgehead atoms. The lowest BCUT2D eigenvalue weighted by atomic mass is 10.2. The zero-order chi connectivity index (χ0) is 7.56. The number of hydrogen-bond acceptors (Lipinski definition) is 3. The number of hydrogen-bond donors (Lipinski definition) is 0. The largest absolute Gasteiger partial charge is 0.489 e. The van der Waals surface area contributed by atoms with Crippen molar-refractivity contribution in [3.63, 3.8) is 0 Å². The van der Waals surface area contributed by atoms with Crippen LogP contribution in [-0.4, -0.2) is 36.7 Å². The Balaban J connectivity index is 2.46. The van der Waals surface area contributed by atoms with Crippen LogP contribution in [-0.2, 0) is 4.74 Å². The predicted molar refractivity (Wildman–Crippen MR) is 45.3 cm³/mol. The quantitative estimate of drug-likeness (QED) is 0.531. The molecule has 0 N–H and O–H groups in total. The number of likely N-dealkylation sites (N-methyl/N-ethyl adjacent to an activating group) is 1. The van der Waals surface area contributed by atoms with Gasteiger partial charge in [-0.05, 0) is 38.7 Å². The van der Waals surface area contributed by atoms with Gasteiger partial charge in [-0.3, -0.25) is 4.90 Å². The van der Waals surface area contributed by atoms with Crippen molar-refractivity contribution in [3.8, 4) is 0 Å². The second-order valence-electron chi connectivity index (χ2n) is 2.66. The Kier molecular flexibility index (Phi) is 2.63. The van der Waals surface area contributed by atoms with Gasteiger partial charge in [-0.15, -0.1) is 0 Å². The number of methoxy groups -OCH3 is 1. The minimum absolute atomic E-state index is 0.389. The number of rotatable bonds is 1. The molecule has 2 nitrogen and oxygen atoms in total. The van der Waals surface area contributed by atoms with Gasteiger partial charge in [-0.25, -0.2) is 0 Å². The molecule has 0 spiro atoms. The lowest BCUT2D eigenvalue weighted by Gasteiger charge is -2.18. The summed E-state index contributed by atoms with van der Waals surface area (Å²) in [6, 6.07) is 0.389. The Morgan fingerprint density at radius 2 is 2.40 bits per heavy atom. The van der Waals surface area contributed by atoms with E-state index in [9.17, 15) is 0 Å². The van der Waals surface area contributed by atoms with E-state index in [1.165, 1.54) is 6.42 Å². The first-order valence-electron chi connectivity index (χ1n) is 3.54. The zero-order valence-electron chi connectivity index (χ0n) is 6.46. The Morgan fingerprint density at radius 3 is 2.80 bits per heavy atom. The molecule has 1 aliphatic heterocycles. The summed E-state index contributed by atoms with van der Waals surface area (Å²) in [4.78, 5) is 2.24. The molecule has 1 aliphatic rings. The van der Waals surface area contributed by atoms with E-state index in [0.29, 0.717) is 6.04 Å². The van der Waals surface area contributed by atoms with E-state index in [1.54, 1.807) is 7.11 Å². The average Bonchev–Trinajstić information content (AvgIpc) is 2.34. The maximum Gasteiger partial charge on any atom is 0.176 e. The van der Waals surface area contributed by atoms with Gasteiger partial charge in [0, 0.05) is 0 Å². The molecule has 3 heteroatoms. The van der Waals surface area contributed by atoms with Crippen LogP contribution in [0.3, 0.4) is 0 Å². The molecule has 0 aromatic heterocycles. The van der Waals surface area contributed by atoms with Crippen molar-refractivity contribution < 1.29 is 4.74 Å². The van der Waals surface area contributed by atoms with Crippen LogP contribution in [0.15, 0.2) is 0 Å². The van der Waals surface area contributed by atoms with E-state index in [4.69, 9.17) is 17.0 Å². The van der Waals surface area contributed by atoms with E-state index in [-0.39, 0.29) is 0 Å². The molecule has 0 aromatic carbocycles. The molecule has 58 valence electrons. The van der Waals surface area contributed by atoms with E-state index < -0.39 is 0 Å². The molecule has 0 aliphatic carbocycles. The fourth-order valence-electron chi connectivity index (χ4n) is 1.34. The highest BCUT2D eigenvalue weighted by Gasteiger charge is 2.24. The number of ether oxygens (including phenoxy) is 1. The van der Waals surface area contributed by atoms with Crippen molar-refractivity contribution in [2.24, 2.45) is 0 Å². The average molecular weight is 159 g/mol. The van der Waals surface area contributed by atoms with Crippen LogP contribution in [0.4, 0.5) is 0 Å². The molecular formula is C7H13NOS. The van der Waals surface area contributed by atoms with Crippen LogP contribution < -0.4 is 0 Å². The highest BCUT2D eigenvalue weighted by molar-refractivity contribution is 7.80. The molecule has 1 fully saturated rings. The third kappa shape index (κ3) is 1.47. The van der Waals surface area contributed by atoms with Gasteiger partial charge in [0.1, 0.15) is 0 Å². The Bertz CT molecular complexity index is 138. The third-order valence-corrected chi connectivity index (χ3v) is 2.43. The van der Waals surface area contributed by atoms with E-state index in [1.807, 2.05) is 0 Å². The summed E-state index contributed by atoms with van der Waals surface area (Å²) in [5.41, 5.74) is 0. The molecular weight excluding hydrogens is 146 g/mol. The van der Waals surface area contributed by atoms with Gasteiger partial charge < -0.3 is 4.74 Å². The molecule has 1 atom stereocenters. The fraction of sp³-hybridized carbons (Fsp3) is 0.857. The van der Waals surface area contributed by atoms with Crippen LogP contribution in [0.5, 0.6) is 0 Å². The van der Waals surface area contributed by atoms with Gasteiger partial charge in [-0.1, -0.05) is 0 Å². The Labute approximate surface area is 67.2 Å². The highest BCUT2D eigenvalue weighted by Crippen LogP contribution is 2.16. The summed E-state index contributed by atoms with van der Waals surface area (Å²) in [6.07, 6.45) is 2.40. The first kappa shape index (κ1) is 7.95. The molecule has 1 saturated heterocycles. The second kappa shape index (κ2) is 3.30. The van der Waals surface area contributed by atoms with Crippen LogP contribution in [0, 0.1) is 0 Å². The third-order valence-electron chi connectivity index (χ3n) is 1.99. The number of nitrogens with zero attached hydrogens (tertiary/aromatic N) is 1. The summed E-state index contributed by atoms with van der Waals surface area (Å²) < 4.78 is 4.99. The summed E-state index contributed by atoms with van der Waals surface area (Å²) in [5.74, 6) is 0. The minimum atomic E-state index is 0.389. The van der Waals surface area contributed by atoms with E-state index >= 15 is 0 Å².